The fraction of sp³-hybridized carbons (Fsp3) is 0.458. The summed E-state index contributed by atoms with van der Waals surface area (Å²) in [5, 5.41) is 3.00. The van der Waals surface area contributed by atoms with Crippen molar-refractivity contribution in [3.8, 4) is 5.75 Å². The third-order valence-electron chi connectivity index (χ3n) is 5.86. The van der Waals surface area contributed by atoms with Gasteiger partial charge < -0.3 is 15.0 Å². The van der Waals surface area contributed by atoms with Crippen molar-refractivity contribution in [2.24, 2.45) is 0 Å². The topological polar surface area (TPSA) is 78.9 Å². The van der Waals surface area contributed by atoms with Crippen molar-refractivity contribution in [1.29, 1.82) is 0 Å². The summed E-state index contributed by atoms with van der Waals surface area (Å²) in [6, 6.07) is 14.5. The molecule has 32 heavy (non-hydrogen) atoms. The van der Waals surface area contributed by atoms with E-state index in [1.807, 2.05) is 38.4 Å². The van der Waals surface area contributed by atoms with Crippen molar-refractivity contribution in [3.63, 3.8) is 0 Å². The van der Waals surface area contributed by atoms with Gasteiger partial charge in [-0.3, -0.25) is 4.79 Å². The molecule has 8 heteroatoms. The molecule has 1 heterocycles. The molecule has 0 aliphatic carbocycles. The van der Waals surface area contributed by atoms with E-state index in [0.717, 1.165) is 36.1 Å². The minimum Gasteiger partial charge on any atom is -0.497 e. The van der Waals surface area contributed by atoms with Crippen LogP contribution in [0, 0.1) is 0 Å². The highest BCUT2D eigenvalue weighted by Gasteiger charge is 2.25. The van der Waals surface area contributed by atoms with Crippen molar-refractivity contribution >= 4 is 15.9 Å². The molecule has 1 atom stereocenters. The number of piperidine rings is 1. The predicted molar refractivity (Wildman–Crippen MR) is 125 cm³/mol. The highest BCUT2D eigenvalue weighted by atomic mass is 32.2. The molecule has 1 N–H and O–H groups in total. The van der Waals surface area contributed by atoms with Gasteiger partial charge in [-0.15, -0.1) is 0 Å². The predicted octanol–water partition coefficient (Wildman–Crippen LogP) is 2.83. The zero-order valence-electron chi connectivity index (χ0n) is 19.1. The molecule has 1 fully saturated rings. The summed E-state index contributed by atoms with van der Waals surface area (Å²) in [6.45, 7) is 1.63. The standard InChI is InChI=1S/C24H33N3O4S/c1-26(2)23(20-9-11-21(31-3)12-10-20)18-25-24(28)17-19-7-13-22(14-8-19)32(29,30)27-15-5-4-6-16-27/h7-14,23H,4-6,15-18H2,1-3H3,(H,25,28). The van der Waals surface area contributed by atoms with Crippen LogP contribution >= 0.6 is 0 Å². The fourth-order valence-corrected chi connectivity index (χ4v) is 5.43. The Morgan fingerprint density at radius 1 is 1.03 bits per heavy atom. The van der Waals surface area contributed by atoms with Gasteiger partial charge in [0.15, 0.2) is 0 Å². The number of rotatable bonds is 9. The van der Waals surface area contributed by atoms with Gasteiger partial charge in [-0.1, -0.05) is 30.7 Å². The maximum atomic E-state index is 12.8. The van der Waals surface area contributed by atoms with Crippen molar-refractivity contribution in [3.05, 3.63) is 59.7 Å². The number of hydrogen-bond acceptors (Lipinski definition) is 5. The van der Waals surface area contributed by atoms with Crippen LogP contribution in [0.15, 0.2) is 53.4 Å². The number of carbonyl (C=O) groups excluding carboxylic acids is 1. The molecule has 174 valence electrons. The molecule has 0 bridgehead atoms. The Balaban J connectivity index is 1.58. The molecule has 0 aromatic heterocycles. The summed E-state index contributed by atoms with van der Waals surface area (Å²) in [7, 11) is 2.13. The summed E-state index contributed by atoms with van der Waals surface area (Å²) in [6.07, 6.45) is 3.09. The first-order valence-corrected chi connectivity index (χ1v) is 12.4. The Kier molecular flexibility index (Phi) is 8.28. The van der Waals surface area contributed by atoms with Gasteiger partial charge in [-0.05, 0) is 62.3 Å². The lowest BCUT2D eigenvalue weighted by Gasteiger charge is -2.26. The molecule has 7 nitrogen and oxygen atoms in total. The zero-order chi connectivity index (χ0) is 23.1. The summed E-state index contributed by atoms with van der Waals surface area (Å²) < 4.78 is 32.3. The summed E-state index contributed by atoms with van der Waals surface area (Å²) in [5.74, 6) is 0.693. The lowest BCUT2D eigenvalue weighted by Crippen LogP contribution is -2.35. The van der Waals surface area contributed by atoms with E-state index in [2.05, 4.69) is 10.2 Å². The lowest BCUT2D eigenvalue weighted by atomic mass is 10.1. The third-order valence-corrected chi connectivity index (χ3v) is 7.77. The molecule has 1 saturated heterocycles. The molecule has 3 rings (SSSR count). The Hall–Kier alpha value is -2.42. The Morgan fingerprint density at radius 3 is 2.22 bits per heavy atom. The van der Waals surface area contributed by atoms with Crippen LogP contribution in [-0.2, 0) is 21.2 Å². The molecule has 1 amide bonds. The lowest BCUT2D eigenvalue weighted by molar-refractivity contribution is -0.120. The number of likely N-dealkylation sites (N-methyl/N-ethyl adjacent to an activating group) is 1. The second kappa shape index (κ2) is 10.9. The molecular weight excluding hydrogens is 426 g/mol. The van der Waals surface area contributed by atoms with E-state index in [1.165, 1.54) is 0 Å². The van der Waals surface area contributed by atoms with Gasteiger partial charge in [0.2, 0.25) is 15.9 Å². The largest absolute Gasteiger partial charge is 0.497 e. The average Bonchev–Trinajstić information content (AvgIpc) is 2.80. The first kappa shape index (κ1) is 24.2. The minimum absolute atomic E-state index is 0.0296. The van der Waals surface area contributed by atoms with E-state index < -0.39 is 10.0 Å². The van der Waals surface area contributed by atoms with Gasteiger partial charge in [-0.25, -0.2) is 8.42 Å². The minimum atomic E-state index is -3.46. The molecular formula is C24H33N3O4S. The molecule has 1 aliphatic heterocycles. The molecule has 2 aromatic carbocycles. The second-order valence-electron chi connectivity index (χ2n) is 8.34. The molecule has 2 aromatic rings. The SMILES string of the molecule is COc1ccc(C(CNC(=O)Cc2ccc(S(=O)(=O)N3CCCCC3)cc2)N(C)C)cc1. The summed E-state index contributed by atoms with van der Waals surface area (Å²) in [4.78, 5) is 14.9. The molecule has 0 radical (unpaired) electrons. The number of nitrogens with zero attached hydrogens (tertiary/aromatic N) is 2. The van der Waals surface area contributed by atoms with Crippen LogP contribution in [0.1, 0.15) is 36.4 Å². The highest BCUT2D eigenvalue weighted by Crippen LogP contribution is 2.22. The number of nitrogens with one attached hydrogen (secondary N) is 1. The Labute approximate surface area is 191 Å². The smallest absolute Gasteiger partial charge is 0.243 e. The maximum Gasteiger partial charge on any atom is 0.243 e. The first-order chi connectivity index (χ1) is 15.3. The Morgan fingerprint density at radius 2 is 1.66 bits per heavy atom. The number of hydrogen-bond donors (Lipinski definition) is 1. The number of carbonyl (C=O) groups is 1. The van der Waals surface area contributed by atoms with E-state index in [1.54, 1.807) is 35.7 Å². The Bertz CT molecular complexity index is 983. The van der Waals surface area contributed by atoms with Crippen LogP contribution in [0.3, 0.4) is 0 Å². The summed E-state index contributed by atoms with van der Waals surface area (Å²) in [5.41, 5.74) is 1.87. The van der Waals surface area contributed by atoms with Crippen LogP contribution in [0.5, 0.6) is 5.75 Å². The third kappa shape index (κ3) is 6.09. The maximum absolute atomic E-state index is 12.8. The van der Waals surface area contributed by atoms with Crippen molar-refractivity contribution < 1.29 is 17.9 Å². The number of benzene rings is 2. The van der Waals surface area contributed by atoms with Crippen molar-refractivity contribution in [2.75, 3.05) is 40.8 Å². The molecule has 0 spiro atoms. The van der Waals surface area contributed by atoms with E-state index in [0.29, 0.717) is 19.6 Å². The van der Waals surface area contributed by atoms with Gasteiger partial charge in [0.05, 0.1) is 24.5 Å². The van der Waals surface area contributed by atoms with Crippen LogP contribution in [0.2, 0.25) is 0 Å². The van der Waals surface area contributed by atoms with Gasteiger partial charge in [-0.2, -0.15) is 4.31 Å². The van der Waals surface area contributed by atoms with Gasteiger partial charge in [0.1, 0.15) is 5.75 Å². The van der Waals surface area contributed by atoms with Gasteiger partial charge >= 0.3 is 0 Å². The van der Waals surface area contributed by atoms with Crippen LogP contribution < -0.4 is 10.1 Å². The number of ether oxygens (including phenoxy) is 1. The second-order valence-corrected chi connectivity index (χ2v) is 10.3. The molecule has 1 aliphatic rings. The van der Waals surface area contributed by atoms with Crippen molar-refractivity contribution in [2.45, 2.75) is 36.6 Å². The number of methoxy groups -OCH3 is 1. The van der Waals surface area contributed by atoms with Crippen LogP contribution in [-0.4, -0.2) is 64.4 Å². The van der Waals surface area contributed by atoms with Gasteiger partial charge in [0, 0.05) is 19.6 Å². The first-order valence-electron chi connectivity index (χ1n) is 11.0. The number of sulfonamides is 1. The average molecular weight is 460 g/mol. The van der Waals surface area contributed by atoms with E-state index in [9.17, 15) is 13.2 Å². The van der Waals surface area contributed by atoms with Crippen LogP contribution in [0.4, 0.5) is 0 Å². The number of amides is 1. The molecule has 0 saturated carbocycles. The monoisotopic (exact) mass is 459 g/mol. The van der Waals surface area contributed by atoms with Crippen LogP contribution in [0.25, 0.3) is 0 Å². The van der Waals surface area contributed by atoms with E-state index in [4.69, 9.17) is 4.74 Å². The zero-order valence-corrected chi connectivity index (χ0v) is 19.9. The normalized spacial score (nSPS) is 16.0. The summed E-state index contributed by atoms with van der Waals surface area (Å²) >= 11 is 0. The fourth-order valence-electron chi connectivity index (χ4n) is 3.92. The quantitative estimate of drug-likeness (QED) is 0.624. The van der Waals surface area contributed by atoms with Crippen molar-refractivity contribution in [1.82, 2.24) is 14.5 Å². The molecule has 1 unspecified atom stereocenters. The van der Waals surface area contributed by atoms with Gasteiger partial charge in [0.25, 0.3) is 0 Å². The highest BCUT2D eigenvalue weighted by molar-refractivity contribution is 7.89. The van der Waals surface area contributed by atoms with E-state index in [-0.39, 0.29) is 23.3 Å². The van der Waals surface area contributed by atoms with E-state index >= 15 is 0 Å².